The lowest BCUT2D eigenvalue weighted by atomic mass is 10.2. The van der Waals surface area contributed by atoms with E-state index in [2.05, 4.69) is 25.3 Å². The molecule has 3 aromatic rings. The van der Waals surface area contributed by atoms with Gasteiger partial charge < -0.3 is 19.6 Å². The Morgan fingerprint density at radius 3 is 2.43 bits per heavy atom. The summed E-state index contributed by atoms with van der Waals surface area (Å²) in [6, 6.07) is 9.39. The minimum Gasteiger partial charge on any atom is -0.353 e. The van der Waals surface area contributed by atoms with Gasteiger partial charge in [-0.25, -0.2) is 14.2 Å². The van der Waals surface area contributed by atoms with Crippen molar-refractivity contribution in [1.29, 1.82) is 0 Å². The van der Waals surface area contributed by atoms with Crippen molar-refractivity contribution in [3.05, 3.63) is 54.3 Å². The van der Waals surface area contributed by atoms with Gasteiger partial charge in [-0.2, -0.15) is 4.98 Å². The first kappa shape index (κ1) is 19.8. The van der Waals surface area contributed by atoms with E-state index in [4.69, 9.17) is 4.52 Å². The van der Waals surface area contributed by atoms with Gasteiger partial charge >= 0.3 is 6.03 Å². The highest BCUT2D eigenvalue weighted by Gasteiger charge is 2.22. The third-order valence-corrected chi connectivity index (χ3v) is 4.93. The van der Waals surface area contributed by atoms with Gasteiger partial charge in [-0.3, -0.25) is 0 Å². The number of hydrogen-bond acceptors (Lipinski definition) is 6. The second-order valence-corrected chi connectivity index (χ2v) is 7.43. The summed E-state index contributed by atoms with van der Waals surface area (Å²) in [5, 5.41) is 6.80. The van der Waals surface area contributed by atoms with E-state index in [1.807, 2.05) is 26.0 Å². The maximum atomic E-state index is 13.0. The molecular weight excluding hydrogens is 387 g/mol. The number of amides is 2. The van der Waals surface area contributed by atoms with Crippen LogP contribution >= 0.6 is 0 Å². The van der Waals surface area contributed by atoms with Crippen LogP contribution in [0.2, 0.25) is 0 Å². The zero-order valence-corrected chi connectivity index (χ0v) is 16.9. The van der Waals surface area contributed by atoms with Gasteiger partial charge in [-0.1, -0.05) is 19.0 Å². The van der Waals surface area contributed by atoms with E-state index in [-0.39, 0.29) is 17.8 Å². The number of carbonyl (C=O) groups excluding carboxylic acids is 1. The van der Waals surface area contributed by atoms with Crippen molar-refractivity contribution >= 4 is 17.5 Å². The van der Waals surface area contributed by atoms with Crippen molar-refractivity contribution in [2.75, 3.05) is 36.4 Å². The maximum Gasteiger partial charge on any atom is 0.321 e. The molecule has 1 aromatic carbocycles. The topological polar surface area (TPSA) is 87.4 Å². The molecule has 1 saturated heterocycles. The summed E-state index contributed by atoms with van der Waals surface area (Å²) in [7, 11) is 0. The number of carbonyl (C=O) groups is 1. The smallest absolute Gasteiger partial charge is 0.321 e. The van der Waals surface area contributed by atoms with Crippen LogP contribution in [-0.4, -0.2) is 52.2 Å². The Balaban J connectivity index is 1.33. The van der Waals surface area contributed by atoms with Crippen LogP contribution in [-0.2, 0) is 0 Å². The van der Waals surface area contributed by atoms with E-state index in [0.29, 0.717) is 43.6 Å². The molecule has 0 radical (unpaired) electrons. The van der Waals surface area contributed by atoms with Gasteiger partial charge in [0.25, 0.3) is 0 Å². The number of benzene rings is 1. The molecular formula is C21H23FN6O2. The predicted octanol–water partition coefficient (Wildman–Crippen LogP) is 3.75. The fraction of sp³-hybridized carbons (Fsp3) is 0.333. The number of urea groups is 1. The highest BCUT2D eigenvalue weighted by molar-refractivity contribution is 5.89. The molecule has 3 heterocycles. The normalized spacial score (nSPS) is 14.3. The van der Waals surface area contributed by atoms with Crippen molar-refractivity contribution in [1.82, 2.24) is 20.0 Å². The number of rotatable bonds is 4. The summed E-state index contributed by atoms with van der Waals surface area (Å²) in [5.41, 5.74) is 1.37. The van der Waals surface area contributed by atoms with Crippen molar-refractivity contribution in [2.45, 2.75) is 19.8 Å². The molecule has 9 heteroatoms. The summed E-state index contributed by atoms with van der Waals surface area (Å²) < 4.78 is 18.2. The Labute approximate surface area is 173 Å². The molecule has 0 spiro atoms. The fourth-order valence-electron chi connectivity index (χ4n) is 3.17. The number of aromatic nitrogens is 3. The average Bonchev–Trinajstić information content (AvgIpc) is 3.26. The van der Waals surface area contributed by atoms with Crippen molar-refractivity contribution in [3.63, 3.8) is 0 Å². The standard InChI is InChI=1S/C21H23FN6O2/c1-14(2)20-25-19(26-30-20)15-3-8-18(23-13-15)27-9-11-28(12-10-27)21(29)24-17-6-4-16(22)5-7-17/h3-8,13-14H,9-12H2,1-2H3,(H,24,29). The third-order valence-electron chi connectivity index (χ3n) is 4.93. The third kappa shape index (κ3) is 4.40. The Morgan fingerprint density at radius 2 is 1.83 bits per heavy atom. The fourth-order valence-corrected chi connectivity index (χ4v) is 3.17. The molecule has 1 aliphatic heterocycles. The van der Waals surface area contributed by atoms with Gasteiger partial charge in [0.05, 0.1) is 0 Å². The predicted molar refractivity (Wildman–Crippen MR) is 111 cm³/mol. The van der Waals surface area contributed by atoms with Crippen LogP contribution in [0, 0.1) is 5.82 Å². The van der Waals surface area contributed by atoms with Gasteiger partial charge in [0.15, 0.2) is 0 Å². The van der Waals surface area contributed by atoms with Crippen molar-refractivity contribution in [2.24, 2.45) is 0 Å². The second kappa shape index (κ2) is 8.48. The summed E-state index contributed by atoms with van der Waals surface area (Å²) in [5.74, 6) is 1.81. The molecule has 156 valence electrons. The molecule has 0 aliphatic carbocycles. The van der Waals surface area contributed by atoms with Gasteiger partial charge in [0.2, 0.25) is 11.7 Å². The van der Waals surface area contributed by atoms with E-state index >= 15 is 0 Å². The number of anilines is 2. The molecule has 0 unspecified atom stereocenters. The van der Waals surface area contributed by atoms with Crippen LogP contribution in [0.25, 0.3) is 11.4 Å². The first-order valence-corrected chi connectivity index (χ1v) is 9.86. The average molecular weight is 410 g/mol. The van der Waals surface area contributed by atoms with Crippen LogP contribution in [0.15, 0.2) is 47.1 Å². The molecule has 8 nitrogen and oxygen atoms in total. The summed E-state index contributed by atoms with van der Waals surface area (Å²) >= 11 is 0. The minimum atomic E-state index is -0.333. The second-order valence-electron chi connectivity index (χ2n) is 7.43. The van der Waals surface area contributed by atoms with Gasteiger partial charge in [0, 0.05) is 49.5 Å². The molecule has 0 atom stereocenters. The first-order chi connectivity index (χ1) is 14.5. The lowest BCUT2D eigenvalue weighted by Gasteiger charge is -2.35. The Morgan fingerprint density at radius 1 is 1.10 bits per heavy atom. The molecule has 1 aliphatic rings. The highest BCUT2D eigenvalue weighted by atomic mass is 19.1. The molecule has 2 amide bonds. The zero-order chi connectivity index (χ0) is 21.1. The maximum absolute atomic E-state index is 13.0. The number of nitrogens with zero attached hydrogens (tertiary/aromatic N) is 5. The number of pyridine rings is 1. The molecule has 0 saturated carbocycles. The van der Waals surface area contributed by atoms with Crippen molar-refractivity contribution < 1.29 is 13.7 Å². The highest BCUT2D eigenvalue weighted by Crippen LogP contribution is 2.21. The van der Waals surface area contributed by atoms with E-state index in [1.54, 1.807) is 23.2 Å². The minimum absolute atomic E-state index is 0.176. The lowest BCUT2D eigenvalue weighted by Crippen LogP contribution is -2.50. The number of piperazine rings is 1. The molecule has 2 aromatic heterocycles. The first-order valence-electron chi connectivity index (χ1n) is 9.86. The quantitative estimate of drug-likeness (QED) is 0.705. The van der Waals surface area contributed by atoms with E-state index < -0.39 is 0 Å². The van der Waals surface area contributed by atoms with Gasteiger partial charge in [-0.15, -0.1) is 0 Å². The van der Waals surface area contributed by atoms with E-state index in [9.17, 15) is 9.18 Å². The summed E-state index contributed by atoms with van der Waals surface area (Å²) in [6.45, 7) is 6.47. The molecule has 30 heavy (non-hydrogen) atoms. The van der Waals surface area contributed by atoms with E-state index in [0.717, 1.165) is 11.4 Å². The van der Waals surface area contributed by atoms with Gasteiger partial charge in [-0.05, 0) is 36.4 Å². The van der Waals surface area contributed by atoms with Crippen LogP contribution < -0.4 is 10.2 Å². The molecule has 0 bridgehead atoms. The summed E-state index contributed by atoms with van der Waals surface area (Å²) in [6.07, 6.45) is 1.73. The van der Waals surface area contributed by atoms with Crippen LogP contribution in [0.5, 0.6) is 0 Å². The van der Waals surface area contributed by atoms with Crippen molar-refractivity contribution in [3.8, 4) is 11.4 Å². The summed E-state index contributed by atoms with van der Waals surface area (Å²) in [4.78, 5) is 25.2. The van der Waals surface area contributed by atoms with Crippen LogP contribution in [0.1, 0.15) is 25.7 Å². The Bertz CT molecular complexity index is 995. The SMILES string of the molecule is CC(C)c1nc(-c2ccc(N3CCN(C(=O)Nc4ccc(F)cc4)CC3)nc2)no1. The van der Waals surface area contributed by atoms with Gasteiger partial charge in [0.1, 0.15) is 11.6 Å². The number of nitrogens with one attached hydrogen (secondary N) is 1. The number of halogens is 1. The Kier molecular flexibility index (Phi) is 5.60. The molecule has 4 rings (SSSR count). The monoisotopic (exact) mass is 410 g/mol. The molecule has 1 N–H and O–H groups in total. The molecule has 1 fully saturated rings. The Hall–Kier alpha value is -3.49. The van der Waals surface area contributed by atoms with Crippen LogP contribution in [0.4, 0.5) is 20.7 Å². The zero-order valence-electron chi connectivity index (χ0n) is 16.9. The lowest BCUT2D eigenvalue weighted by molar-refractivity contribution is 0.208. The van der Waals surface area contributed by atoms with E-state index in [1.165, 1.54) is 12.1 Å². The largest absolute Gasteiger partial charge is 0.353 e. The van der Waals surface area contributed by atoms with Crippen LogP contribution in [0.3, 0.4) is 0 Å². The number of hydrogen-bond donors (Lipinski definition) is 1.